The zero-order valence-electron chi connectivity index (χ0n) is 15.6. The molecule has 0 spiro atoms. The molecule has 0 atom stereocenters. The van der Waals surface area contributed by atoms with Crippen molar-refractivity contribution in [1.29, 1.82) is 0 Å². The normalized spacial score (nSPS) is 11.1. The van der Waals surface area contributed by atoms with Crippen LogP contribution >= 0.6 is 35.3 Å². The number of hydrogen-bond donors (Lipinski definition) is 1. The Morgan fingerprint density at radius 2 is 1.60 bits per heavy atom. The number of para-hydroxylation sites is 1. The van der Waals surface area contributed by atoms with Gasteiger partial charge in [-0.3, -0.25) is 4.79 Å². The minimum Gasteiger partial charge on any atom is -0.331 e. The Labute approximate surface area is 185 Å². The molecule has 30 heavy (non-hydrogen) atoms. The molecule has 2 aromatic heterocycles. The molecule has 3 aromatic carbocycles. The lowest BCUT2D eigenvalue weighted by molar-refractivity contribution is 0.928. The number of H-pyrrole nitrogens is 1. The van der Waals surface area contributed by atoms with E-state index < -0.39 is 0 Å². The van der Waals surface area contributed by atoms with Gasteiger partial charge < -0.3 is 4.98 Å². The summed E-state index contributed by atoms with van der Waals surface area (Å²) in [6.45, 7) is 0. The molecule has 7 heteroatoms. The molecule has 0 amide bonds. The fourth-order valence-corrected chi connectivity index (χ4v) is 5.17. The summed E-state index contributed by atoms with van der Waals surface area (Å²) in [5, 5.41) is 3.10. The molecule has 0 radical (unpaired) electrons. The van der Waals surface area contributed by atoms with E-state index in [4.69, 9.17) is 12.2 Å². The van der Waals surface area contributed by atoms with Crippen LogP contribution in [0.15, 0.2) is 98.8 Å². The van der Waals surface area contributed by atoms with Gasteiger partial charge in [-0.05, 0) is 48.6 Å². The molecule has 0 unspecified atom stereocenters. The Kier molecular flexibility index (Phi) is 5.08. The molecule has 0 aliphatic rings. The monoisotopic (exact) mass is 445 g/mol. The van der Waals surface area contributed by atoms with E-state index >= 15 is 0 Å². The van der Waals surface area contributed by atoms with Crippen LogP contribution in [0.1, 0.15) is 0 Å². The molecular weight excluding hydrogens is 430 g/mol. The van der Waals surface area contributed by atoms with Crippen molar-refractivity contribution < 1.29 is 0 Å². The average Bonchev–Trinajstić information content (AvgIpc) is 3.25. The summed E-state index contributed by atoms with van der Waals surface area (Å²) < 4.78 is 1.81. The van der Waals surface area contributed by atoms with E-state index in [1.165, 1.54) is 20.8 Å². The van der Waals surface area contributed by atoms with Gasteiger partial charge in [-0.25, -0.2) is 9.55 Å². The molecule has 0 bridgehead atoms. The second-order valence-corrected chi connectivity index (χ2v) is 8.94. The molecule has 0 fully saturated rings. The number of aromatic amines is 1. The second kappa shape index (κ2) is 8.02. The molecule has 1 N–H and O–H groups in total. The number of thiazole rings is 1. The third kappa shape index (κ3) is 3.63. The van der Waals surface area contributed by atoms with Crippen LogP contribution in [0.2, 0.25) is 0 Å². The largest absolute Gasteiger partial charge is 0.331 e. The summed E-state index contributed by atoms with van der Waals surface area (Å²) in [7, 11) is 0. The molecule has 0 saturated carbocycles. The molecule has 5 aromatic rings. The summed E-state index contributed by atoms with van der Waals surface area (Å²) in [5.41, 5.74) is 2.39. The zero-order valence-corrected chi connectivity index (χ0v) is 18.1. The van der Waals surface area contributed by atoms with E-state index in [1.54, 1.807) is 17.8 Å². The first-order chi connectivity index (χ1) is 14.7. The van der Waals surface area contributed by atoms with Crippen molar-refractivity contribution in [3.05, 3.63) is 99.4 Å². The zero-order chi connectivity index (χ0) is 20.5. The van der Waals surface area contributed by atoms with Gasteiger partial charge in [0.15, 0.2) is 9.90 Å². The van der Waals surface area contributed by atoms with Gasteiger partial charge in [0.1, 0.15) is 0 Å². The van der Waals surface area contributed by atoms with Crippen molar-refractivity contribution in [2.45, 2.75) is 9.79 Å². The standard InChI is InChI=1S/C23H15N3OS3/c27-21-18-8-4-5-9-19(18)24-22(28)26(21)23-25-20(14-29-23)15-10-12-17(13-11-15)30-16-6-2-1-3-7-16/h1-14H,(H,24,28). The molecule has 4 nitrogen and oxygen atoms in total. The lowest BCUT2D eigenvalue weighted by Gasteiger charge is -2.05. The van der Waals surface area contributed by atoms with Gasteiger partial charge in [-0.2, -0.15) is 0 Å². The maximum atomic E-state index is 13.0. The number of nitrogens with zero attached hydrogens (tertiary/aromatic N) is 2. The van der Waals surface area contributed by atoms with Gasteiger partial charge in [0.25, 0.3) is 5.56 Å². The molecule has 0 aliphatic carbocycles. The Balaban J connectivity index is 1.47. The van der Waals surface area contributed by atoms with Crippen LogP contribution in [0.3, 0.4) is 0 Å². The van der Waals surface area contributed by atoms with Crippen LogP contribution < -0.4 is 5.56 Å². The third-order valence-corrected chi connectivity index (χ3v) is 6.74. The van der Waals surface area contributed by atoms with Crippen molar-refractivity contribution in [2.24, 2.45) is 0 Å². The van der Waals surface area contributed by atoms with E-state index in [-0.39, 0.29) is 5.56 Å². The Bertz CT molecular complexity index is 1450. The summed E-state index contributed by atoms with van der Waals surface area (Å²) >= 11 is 8.54. The highest BCUT2D eigenvalue weighted by Crippen LogP contribution is 2.30. The summed E-state index contributed by atoms with van der Waals surface area (Å²) in [5.74, 6) is 0. The van der Waals surface area contributed by atoms with Gasteiger partial charge in [-0.1, -0.05) is 54.2 Å². The van der Waals surface area contributed by atoms with Crippen LogP contribution in [-0.4, -0.2) is 14.5 Å². The van der Waals surface area contributed by atoms with Crippen LogP contribution in [0.5, 0.6) is 0 Å². The maximum Gasteiger partial charge on any atom is 0.268 e. The lowest BCUT2D eigenvalue weighted by atomic mass is 10.2. The molecule has 5 rings (SSSR count). The highest BCUT2D eigenvalue weighted by atomic mass is 32.2. The molecule has 0 saturated heterocycles. The third-order valence-electron chi connectivity index (χ3n) is 4.62. The first-order valence-electron chi connectivity index (χ1n) is 9.22. The number of rotatable bonds is 4. The van der Waals surface area contributed by atoms with Crippen molar-refractivity contribution in [3.63, 3.8) is 0 Å². The van der Waals surface area contributed by atoms with Crippen molar-refractivity contribution in [3.8, 4) is 16.4 Å². The Morgan fingerprint density at radius 1 is 0.900 bits per heavy atom. The molecule has 0 aliphatic heterocycles. The van der Waals surface area contributed by atoms with E-state index in [9.17, 15) is 4.79 Å². The van der Waals surface area contributed by atoms with E-state index in [2.05, 4.69) is 34.2 Å². The van der Waals surface area contributed by atoms with Crippen LogP contribution in [0.25, 0.3) is 27.3 Å². The fraction of sp³-hybridized carbons (Fsp3) is 0. The highest BCUT2D eigenvalue weighted by Gasteiger charge is 2.12. The predicted octanol–water partition coefficient (Wildman–Crippen LogP) is 6.32. The Morgan fingerprint density at radius 3 is 2.40 bits per heavy atom. The number of fused-ring (bicyclic) bond motifs is 1. The summed E-state index contributed by atoms with van der Waals surface area (Å²) in [4.78, 5) is 23.1. The lowest BCUT2D eigenvalue weighted by Crippen LogP contribution is -2.20. The first-order valence-corrected chi connectivity index (χ1v) is 11.3. The molecular formula is C23H15N3OS3. The number of nitrogens with one attached hydrogen (secondary N) is 1. The second-order valence-electron chi connectivity index (χ2n) is 6.57. The number of benzene rings is 3. The van der Waals surface area contributed by atoms with E-state index in [0.717, 1.165) is 21.7 Å². The molecule has 2 heterocycles. The molecule has 146 valence electrons. The fourth-order valence-electron chi connectivity index (χ4n) is 3.15. The number of aromatic nitrogens is 3. The van der Waals surface area contributed by atoms with Crippen molar-refractivity contribution in [1.82, 2.24) is 14.5 Å². The SMILES string of the molecule is O=c1c2ccccc2[nH]c(=S)n1-c1nc(-c2ccc(Sc3ccccc3)cc2)cs1. The van der Waals surface area contributed by atoms with Crippen molar-refractivity contribution >= 4 is 46.2 Å². The van der Waals surface area contributed by atoms with E-state index in [0.29, 0.717) is 15.3 Å². The van der Waals surface area contributed by atoms with Gasteiger partial charge >= 0.3 is 0 Å². The van der Waals surface area contributed by atoms with Crippen LogP contribution in [-0.2, 0) is 0 Å². The van der Waals surface area contributed by atoms with Crippen LogP contribution in [0, 0.1) is 4.77 Å². The van der Waals surface area contributed by atoms with E-state index in [1.807, 2.05) is 53.9 Å². The summed E-state index contributed by atoms with van der Waals surface area (Å²) in [6.07, 6.45) is 0. The summed E-state index contributed by atoms with van der Waals surface area (Å²) in [6, 6.07) is 25.9. The van der Waals surface area contributed by atoms with Gasteiger partial charge in [-0.15, -0.1) is 11.3 Å². The van der Waals surface area contributed by atoms with Gasteiger partial charge in [0.2, 0.25) is 0 Å². The highest BCUT2D eigenvalue weighted by molar-refractivity contribution is 7.99. The first kappa shape index (κ1) is 19.0. The smallest absolute Gasteiger partial charge is 0.268 e. The van der Waals surface area contributed by atoms with Gasteiger partial charge in [0, 0.05) is 20.7 Å². The minimum absolute atomic E-state index is 0.162. The number of hydrogen-bond acceptors (Lipinski definition) is 5. The minimum atomic E-state index is -0.162. The predicted molar refractivity (Wildman–Crippen MR) is 126 cm³/mol. The topological polar surface area (TPSA) is 50.7 Å². The van der Waals surface area contributed by atoms with Gasteiger partial charge in [0.05, 0.1) is 16.6 Å². The van der Waals surface area contributed by atoms with Crippen LogP contribution in [0.4, 0.5) is 0 Å². The quantitative estimate of drug-likeness (QED) is 0.329. The van der Waals surface area contributed by atoms with Crippen molar-refractivity contribution in [2.75, 3.05) is 0 Å². The maximum absolute atomic E-state index is 13.0. The average molecular weight is 446 g/mol. The Hall–Kier alpha value is -3.00.